The molecule has 2 aromatic rings. The third-order valence-corrected chi connectivity index (χ3v) is 4.02. The molecule has 0 aliphatic carbocycles. The van der Waals surface area contributed by atoms with Crippen LogP contribution in [0.15, 0.2) is 36.4 Å². The highest BCUT2D eigenvalue weighted by Crippen LogP contribution is 2.21. The Hall–Kier alpha value is -2.24. The van der Waals surface area contributed by atoms with Gasteiger partial charge in [0.2, 0.25) is 0 Å². The van der Waals surface area contributed by atoms with Crippen molar-refractivity contribution < 1.29 is 9.90 Å². The molecule has 1 aromatic carbocycles. The van der Waals surface area contributed by atoms with Crippen LogP contribution in [0.3, 0.4) is 0 Å². The summed E-state index contributed by atoms with van der Waals surface area (Å²) in [5.41, 5.74) is 4.76. The maximum absolute atomic E-state index is 12.7. The number of aliphatic hydroxyl groups excluding tert-OH is 1. The summed E-state index contributed by atoms with van der Waals surface area (Å²) >= 11 is 0. The molecule has 0 saturated carbocycles. The minimum absolute atomic E-state index is 0.0349. The van der Waals surface area contributed by atoms with Gasteiger partial charge in [0.05, 0.1) is 6.61 Å². The van der Waals surface area contributed by atoms with Gasteiger partial charge >= 0.3 is 0 Å². The van der Waals surface area contributed by atoms with Crippen LogP contribution in [0, 0.1) is 13.8 Å². The summed E-state index contributed by atoms with van der Waals surface area (Å²) in [5, 5.41) is 9.23. The molecule has 1 N–H and O–H groups in total. The molecule has 1 heterocycles. The number of hydrogen-bond donors (Lipinski definition) is 1. The highest BCUT2D eigenvalue weighted by Gasteiger charge is 2.15. The normalized spacial score (nSPS) is 11.0. The Labute approximate surface area is 149 Å². The maximum Gasteiger partial charge on any atom is 0.253 e. The van der Waals surface area contributed by atoms with Crippen molar-refractivity contribution in [3.05, 3.63) is 53.3 Å². The molecular weight excluding hydrogens is 314 g/mol. The molecule has 0 unspecified atom stereocenters. The summed E-state index contributed by atoms with van der Waals surface area (Å²) in [5.74, 6) is -0.0514. The first-order valence-electron chi connectivity index (χ1n) is 8.51. The van der Waals surface area contributed by atoms with E-state index in [0.717, 1.165) is 29.1 Å². The molecule has 0 aliphatic heterocycles. The molecule has 2 rings (SSSR count). The van der Waals surface area contributed by atoms with Crippen molar-refractivity contribution in [3.8, 4) is 11.1 Å². The van der Waals surface area contributed by atoms with Gasteiger partial charge in [0.25, 0.3) is 5.91 Å². The summed E-state index contributed by atoms with van der Waals surface area (Å²) in [6.45, 7) is 5.62. The minimum atomic E-state index is -0.0514. The van der Waals surface area contributed by atoms with E-state index in [1.807, 2.05) is 69.2 Å². The summed E-state index contributed by atoms with van der Waals surface area (Å²) in [4.78, 5) is 20.8. The van der Waals surface area contributed by atoms with Gasteiger partial charge in [0.15, 0.2) is 0 Å². The maximum atomic E-state index is 12.7. The third-order valence-electron chi connectivity index (χ3n) is 4.02. The second kappa shape index (κ2) is 8.74. The predicted molar refractivity (Wildman–Crippen MR) is 101 cm³/mol. The quantitative estimate of drug-likeness (QED) is 0.840. The molecule has 0 spiro atoms. The SMILES string of the molecule is Cc1cc(-c2ccc(C(=O)N(CCO)CCN(C)C)cc2)cc(C)n1. The largest absolute Gasteiger partial charge is 0.395 e. The number of carbonyl (C=O) groups excluding carboxylic acids is 1. The fourth-order valence-corrected chi connectivity index (χ4v) is 2.75. The van der Waals surface area contributed by atoms with Crippen molar-refractivity contribution >= 4 is 5.91 Å². The number of carbonyl (C=O) groups is 1. The van der Waals surface area contributed by atoms with Gasteiger partial charge in [-0.1, -0.05) is 12.1 Å². The number of nitrogens with zero attached hydrogens (tertiary/aromatic N) is 3. The van der Waals surface area contributed by atoms with Crippen LogP contribution in [0.4, 0.5) is 0 Å². The highest BCUT2D eigenvalue weighted by molar-refractivity contribution is 5.94. The molecule has 0 aliphatic rings. The second-order valence-corrected chi connectivity index (χ2v) is 6.54. The van der Waals surface area contributed by atoms with E-state index in [1.165, 1.54) is 0 Å². The van der Waals surface area contributed by atoms with Crippen LogP contribution >= 0.6 is 0 Å². The molecule has 5 nitrogen and oxygen atoms in total. The lowest BCUT2D eigenvalue weighted by atomic mass is 10.0. The van der Waals surface area contributed by atoms with Gasteiger partial charge in [-0.05, 0) is 63.3 Å². The van der Waals surface area contributed by atoms with Crippen molar-refractivity contribution in [2.45, 2.75) is 13.8 Å². The van der Waals surface area contributed by atoms with Crippen molar-refractivity contribution in [1.29, 1.82) is 0 Å². The molecule has 0 bridgehead atoms. The molecule has 0 saturated heterocycles. The van der Waals surface area contributed by atoms with Crippen molar-refractivity contribution in [2.75, 3.05) is 40.3 Å². The lowest BCUT2D eigenvalue weighted by Crippen LogP contribution is -2.38. The van der Waals surface area contributed by atoms with Gasteiger partial charge in [-0.3, -0.25) is 9.78 Å². The number of aromatic nitrogens is 1. The van der Waals surface area contributed by atoms with Crippen molar-refractivity contribution in [2.24, 2.45) is 0 Å². The summed E-state index contributed by atoms with van der Waals surface area (Å²) in [7, 11) is 3.93. The van der Waals surface area contributed by atoms with E-state index in [2.05, 4.69) is 4.98 Å². The Kier molecular flexibility index (Phi) is 6.67. The van der Waals surface area contributed by atoms with Gasteiger partial charge < -0.3 is 14.9 Å². The molecular formula is C20H27N3O2. The second-order valence-electron chi connectivity index (χ2n) is 6.54. The molecule has 25 heavy (non-hydrogen) atoms. The first-order valence-corrected chi connectivity index (χ1v) is 8.51. The zero-order valence-corrected chi connectivity index (χ0v) is 15.5. The first-order chi connectivity index (χ1) is 11.9. The molecule has 1 aromatic heterocycles. The van der Waals surface area contributed by atoms with Gasteiger partial charge in [-0.15, -0.1) is 0 Å². The number of amides is 1. The zero-order valence-electron chi connectivity index (χ0n) is 15.5. The molecule has 0 radical (unpaired) electrons. The van der Waals surface area contributed by atoms with Crippen LogP contribution in [0.25, 0.3) is 11.1 Å². The Morgan fingerprint density at radius 1 is 0.960 bits per heavy atom. The average Bonchev–Trinajstić information content (AvgIpc) is 2.57. The van der Waals surface area contributed by atoms with E-state index < -0.39 is 0 Å². The summed E-state index contributed by atoms with van der Waals surface area (Å²) in [6.07, 6.45) is 0. The Morgan fingerprint density at radius 3 is 2.08 bits per heavy atom. The predicted octanol–water partition coefficient (Wildman–Crippen LogP) is 2.36. The van der Waals surface area contributed by atoms with Crippen LogP contribution in [0.5, 0.6) is 0 Å². The van der Waals surface area contributed by atoms with Gasteiger partial charge in [0, 0.05) is 36.6 Å². The van der Waals surface area contributed by atoms with Crippen LogP contribution < -0.4 is 0 Å². The van der Waals surface area contributed by atoms with Gasteiger partial charge in [-0.2, -0.15) is 0 Å². The number of rotatable bonds is 7. The number of pyridine rings is 1. The van der Waals surface area contributed by atoms with E-state index in [9.17, 15) is 9.90 Å². The van der Waals surface area contributed by atoms with Crippen LogP contribution in [0.1, 0.15) is 21.7 Å². The minimum Gasteiger partial charge on any atom is -0.395 e. The van der Waals surface area contributed by atoms with Crippen LogP contribution in [-0.4, -0.2) is 66.1 Å². The number of aliphatic hydroxyl groups is 1. The molecule has 1 amide bonds. The van der Waals surface area contributed by atoms with E-state index >= 15 is 0 Å². The Bertz CT molecular complexity index is 691. The van der Waals surface area contributed by atoms with Gasteiger partial charge in [-0.25, -0.2) is 0 Å². The third kappa shape index (κ3) is 5.37. The number of likely N-dealkylation sites (N-methyl/N-ethyl adjacent to an activating group) is 1. The van der Waals surface area contributed by atoms with E-state index in [4.69, 9.17) is 0 Å². The van der Waals surface area contributed by atoms with E-state index in [0.29, 0.717) is 18.7 Å². The number of hydrogen-bond acceptors (Lipinski definition) is 4. The summed E-state index contributed by atoms with van der Waals surface area (Å²) in [6, 6.07) is 11.7. The monoisotopic (exact) mass is 341 g/mol. The zero-order chi connectivity index (χ0) is 18.4. The fourth-order valence-electron chi connectivity index (χ4n) is 2.75. The molecule has 0 fully saturated rings. The van der Waals surface area contributed by atoms with Crippen LogP contribution in [-0.2, 0) is 0 Å². The molecule has 134 valence electrons. The Morgan fingerprint density at radius 2 is 1.56 bits per heavy atom. The van der Waals surface area contributed by atoms with E-state index in [-0.39, 0.29) is 12.5 Å². The van der Waals surface area contributed by atoms with Crippen LogP contribution in [0.2, 0.25) is 0 Å². The number of benzene rings is 1. The van der Waals surface area contributed by atoms with Gasteiger partial charge in [0.1, 0.15) is 0 Å². The first kappa shape index (κ1) is 19.1. The lowest BCUT2D eigenvalue weighted by Gasteiger charge is -2.23. The average molecular weight is 341 g/mol. The fraction of sp³-hybridized carbons (Fsp3) is 0.400. The highest BCUT2D eigenvalue weighted by atomic mass is 16.3. The van der Waals surface area contributed by atoms with E-state index in [1.54, 1.807) is 4.90 Å². The number of aryl methyl sites for hydroxylation is 2. The summed E-state index contributed by atoms with van der Waals surface area (Å²) < 4.78 is 0. The topological polar surface area (TPSA) is 56.7 Å². The molecule has 5 heteroatoms. The smallest absolute Gasteiger partial charge is 0.253 e. The lowest BCUT2D eigenvalue weighted by molar-refractivity contribution is 0.0710. The molecule has 0 atom stereocenters. The van der Waals surface area contributed by atoms with Crippen molar-refractivity contribution in [1.82, 2.24) is 14.8 Å². The van der Waals surface area contributed by atoms with Crippen molar-refractivity contribution in [3.63, 3.8) is 0 Å². The Balaban J connectivity index is 2.18. The standard InChI is InChI=1S/C20H27N3O2/c1-15-13-19(14-16(2)21-15)17-5-7-18(8-6-17)20(25)23(11-12-24)10-9-22(3)4/h5-8,13-14,24H,9-12H2,1-4H3.